The van der Waals surface area contributed by atoms with Crippen LogP contribution in [-0.2, 0) is 4.74 Å². The predicted octanol–water partition coefficient (Wildman–Crippen LogP) is 2.84. The first-order chi connectivity index (χ1) is 9.63. The van der Waals surface area contributed by atoms with Crippen LogP contribution in [0.1, 0.15) is 24.4 Å². The fourth-order valence-corrected chi connectivity index (χ4v) is 3.35. The van der Waals surface area contributed by atoms with Crippen LogP contribution in [0.15, 0.2) is 23.2 Å². The normalized spacial score (nSPS) is 26.1. The van der Waals surface area contributed by atoms with Gasteiger partial charge >= 0.3 is 0 Å². The molecular formula is C14H17Cl2N3O. The Morgan fingerprint density at radius 2 is 2.05 bits per heavy atom. The highest BCUT2D eigenvalue weighted by Crippen LogP contribution is 2.31. The SMILES string of the molecule is NC1=NCC(c2cc(Cl)cc(Cl)c2)N1CC1CCCO1. The van der Waals surface area contributed by atoms with Crippen LogP contribution in [0.4, 0.5) is 0 Å². The second-order valence-electron chi connectivity index (χ2n) is 5.20. The van der Waals surface area contributed by atoms with Crippen molar-refractivity contribution in [3.05, 3.63) is 33.8 Å². The van der Waals surface area contributed by atoms with Crippen molar-refractivity contribution < 1.29 is 4.74 Å². The molecule has 1 fully saturated rings. The Labute approximate surface area is 128 Å². The monoisotopic (exact) mass is 313 g/mol. The molecule has 20 heavy (non-hydrogen) atoms. The molecule has 2 heterocycles. The quantitative estimate of drug-likeness (QED) is 0.933. The summed E-state index contributed by atoms with van der Waals surface area (Å²) in [7, 11) is 0. The maximum absolute atomic E-state index is 6.09. The zero-order valence-corrected chi connectivity index (χ0v) is 12.6. The van der Waals surface area contributed by atoms with Gasteiger partial charge in [0.15, 0.2) is 5.96 Å². The Hall–Kier alpha value is -0.970. The highest BCUT2D eigenvalue weighted by molar-refractivity contribution is 6.34. The number of aliphatic imine (C=N–C) groups is 1. The first kappa shape index (κ1) is 14.0. The van der Waals surface area contributed by atoms with Crippen molar-refractivity contribution in [3.8, 4) is 0 Å². The number of halogens is 2. The number of guanidine groups is 1. The van der Waals surface area contributed by atoms with E-state index in [-0.39, 0.29) is 12.1 Å². The van der Waals surface area contributed by atoms with Crippen LogP contribution in [0.25, 0.3) is 0 Å². The summed E-state index contributed by atoms with van der Waals surface area (Å²) in [6.45, 7) is 2.24. The standard InChI is InChI=1S/C14H17Cl2N3O/c15-10-4-9(5-11(16)6-10)13-7-18-14(17)19(13)8-12-2-1-3-20-12/h4-6,12-13H,1-3,7-8H2,(H2,17,18). The molecule has 2 aliphatic heterocycles. The Kier molecular flexibility index (Phi) is 4.06. The highest BCUT2D eigenvalue weighted by atomic mass is 35.5. The minimum absolute atomic E-state index is 0.0930. The first-order valence-corrected chi connectivity index (χ1v) is 7.53. The third-order valence-electron chi connectivity index (χ3n) is 3.79. The van der Waals surface area contributed by atoms with Gasteiger partial charge in [-0.05, 0) is 36.6 Å². The average molecular weight is 314 g/mol. The van der Waals surface area contributed by atoms with Gasteiger partial charge in [0, 0.05) is 23.2 Å². The van der Waals surface area contributed by atoms with Crippen molar-refractivity contribution >= 4 is 29.2 Å². The van der Waals surface area contributed by atoms with Crippen molar-refractivity contribution in [1.82, 2.24) is 4.90 Å². The first-order valence-electron chi connectivity index (χ1n) is 6.77. The molecule has 4 nitrogen and oxygen atoms in total. The maximum atomic E-state index is 6.09. The smallest absolute Gasteiger partial charge is 0.192 e. The van der Waals surface area contributed by atoms with Gasteiger partial charge in [-0.25, -0.2) is 0 Å². The summed E-state index contributed by atoms with van der Waals surface area (Å²) in [5, 5.41) is 1.27. The summed E-state index contributed by atoms with van der Waals surface area (Å²) in [6.07, 6.45) is 2.43. The number of ether oxygens (including phenoxy) is 1. The third kappa shape index (κ3) is 2.87. The fourth-order valence-electron chi connectivity index (χ4n) is 2.81. The van der Waals surface area contributed by atoms with E-state index in [0.717, 1.165) is 31.6 Å². The number of rotatable bonds is 3. The zero-order chi connectivity index (χ0) is 14.1. The molecule has 1 aromatic carbocycles. The van der Waals surface area contributed by atoms with Gasteiger partial charge in [-0.2, -0.15) is 0 Å². The topological polar surface area (TPSA) is 50.8 Å². The summed E-state index contributed by atoms with van der Waals surface area (Å²) in [4.78, 5) is 6.45. The third-order valence-corrected chi connectivity index (χ3v) is 4.23. The van der Waals surface area contributed by atoms with Gasteiger partial charge in [0.1, 0.15) is 0 Å². The zero-order valence-electron chi connectivity index (χ0n) is 11.1. The van der Waals surface area contributed by atoms with E-state index >= 15 is 0 Å². The lowest BCUT2D eigenvalue weighted by molar-refractivity contribution is 0.0853. The van der Waals surface area contributed by atoms with Crippen molar-refractivity contribution in [2.75, 3.05) is 19.7 Å². The minimum atomic E-state index is 0.0930. The van der Waals surface area contributed by atoms with Gasteiger partial charge in [0.05, 0.1) is 18.7 Å². The molecule has 0 radical (unpaired) electrons. The minimum Gasteiger partial charge on any atom is -0.376 e. The summed E-state index contributed by atoms with van der Waals surface area (Å²) in [6, 6.07) is 5.68. The van der Waals surface area contributed by atoms with E-state index in [4.69, 9.17) is 33.7 Å². The number of nitrogens with two attached hydrogens (primary N) is 1. The van der Waals surface area contributed by atoms with Gasteiger partial charge in [-0.15, -0.1) is 0 Å². The molecule has 0 spiro atoms. The maximum Gasteiger partial charge on any atom is 0.192 e. The molecule has 1 aromatic rings. The number of benzene rings is 1. The molecule has 0 amide bonds. The lowest BCUT2D eigenvalue weighted by Crippen LogP contribution is -2.41. The molecule has 1 saturated heterocycles. The van der Waals surface area contributed by atoms with Gasteiger partial charge in [-0.3, -0.25) is 4.99 Å². The molecule has 2 unspecified atom stereocenters. The van der Waals surface area contributed by atoms with Crippen molar-refractivity contribution in [2.45, 2.75) is 25.0 Å². The average Bonchev–Trinajstić information content (AvgIpc) is 3.00. The second kappa shape index (κ2) is 5.80. The predicted molar refractivity (Wildman–Crippen MR) is 81.4 cm³/mol. The van der Waals surface area contributed by atoms with Gasteiger partial charge < -0.3 is 15.4 Å². The van der Waals surface area contributed by atoms with E-state index in [2.05, 4.69) is 9.89 Å². The molecule has 2 atom stereocenters. The van der Waals surface area contributed by atoms with Crippen molar-refractivity contribution in [2.24, 2.45) is 10.7 Å². The van der Waals surface area contributed by atoms with Gasteiger partial charge in [0.2, 0.25) is 0 Å². The van der Waals surface area contributed by atoms with E-state index in [1.165, 1.54) is 0 Å². The Morgan fingerprint density at radius 3 is 2.70 bits per heavy atom. The van der Waals surface area contributed by atoms with Crippen LogP contribution in [0, 0.1) is 0 Å². The molecule has 2 aliphatic rings. The van der Waals surface area contributed by atoms with Gasteiger partial charge in [-0.1, -0.05) is 23.2 Å². The van der Waals surface area contributed by atoms with E-state index < -0.39 is 0 Å². The van der Waals surface area contributed by atoms with Gasteiger partial charge in [0.25, 0.3) is 0 Å². The summed E-state index contributed by atoms with van der Waals surface area (Å²) >= 11 is 12.2. The van der Waals surface area contributed by atoms with Crippen LogP contribution in [-0.4, -0.2) is 36.7 Å². The van der Waals surface area contributed by atoms with E-state index in [0.29, 0.717) is 22.5 Å². The van der Waals surface area contributed by atoms with Crippen LogP contribution in [0.2, 0.25) is 10.0 Å². The van der Waals surface area contributed by atoms with Crippen LogP contribution in [0.5, 0.6) is 0 Å². The van der Waals surface area contributed by atoms with Crippen LogP contribution in [0.3, 0.4) is 0 Å². The Bertz CT molecular complexity index is 509. The summed E-state index contributed by atoms with van der Waals surface area (Å²) < 4.78 is 5.69. The molecule has 0 aliphatic carbocycles. The molecule has 108 valence electrons. The molecule has 0 aromatic heterocycles. The molecule has 2 N–H and O–H groups in total. The lowest BCUT2D eigenvalue weighted by Gasteiger charge is -2.29. The molecule has 0 saturated carbocycles. The van der Waals surface area contributed by atoms with E-state index in [1.54, 1.807) is 6.07 Å². The van der Waals surface area contributed by atoms with Crippen LogP contribution < -0.4 is 5.73 Å². The Balaban J connectivity index is 1.80. The number of hydrogen-bond acceptors (Lipinski definition) is 4. The number of hydrogen-bond donors (Lipinski definition) is 1. The molecule has 0 bridgehead atoms. The van der Waals surface area contributed by atoms with E-state index in [9.17, 15) is 0 Å². The lowest BCUT2D eigenvalue weighted by atomic mass is 10.1. The molecule has 6 heteroatoms. The fraction of sp³-hybridized carbons (Fsp3) is 0.500. The van der Waals surface area contributed by atoms with Crippen molar-refractivity contribution in [1.29, 1.82) is 0 Å². The Morgan fingerprint density at radius 1 is 1.30 bits per heavy atom. The van der Waals surface area contributed by atoms with Crippen LogP contribution >= 0.6 is 23.2 Å². The second-order valence-corrected chi connectivity index (χ2v) is 6.08. The van der Waals surface area contributed by atoms with Crippen molar-refractivity contribution in [3.63, 3.8) is 0 Å². The summed E-state index contributed by atoms with van der Waals surface area (Å²) in [5.74, 6) is 0.571. The molecular weight excluding hydrogens is 297 g/mol. The largest absolute Gasteiger partial charge is 0.376 e. The highest BCUT2D eigenvalue weighted by Gasteiger charge is 2.31. The number of nitrogens with zero attached hydrogens (tertiary/aromatic N) is 2. The summed E-state index contributed by atoms with van der Waals surface area (Å²) in [5.41, 5.74) is 7.06. The van der Waals surface area contributed by atoms with E-state index in [1.807, 2.05) is 12.1 Å². The molecule has 3 rings (SSSR count).